The molecule has 4 aromatic rings. The summed E-state index contributed by atoms with van der Waals surface area (Å²) in [7, 11) is 0. The molecular weight excluding hydrogens is 560 g/mol. The van der Waals surface area contributed by atoms with Gasteiger partial charge in [0.05, 0.1) is 12.9 Å². The number of hydrogen-bond acceptors (Lipinski definition) is 8. The van der Waals surface area contributed by atoms with Gasteiger partial charge in [-0.1, -0.05) is 36.4 Å². The van der Waals surface area contributed by atoms with Crippen LogP contribution in [-0.4, -0.2) is 58.2 Å². The molecule has 1 amide bonds. The molecule has 1 fully saturated rings. The average molecular weight is 597 g/mol. The molecule has 228 valence electrons. The molecule has 6 rings (SSSR count). The van der Waals surface area contributed by atoms with Gasteiger partial charge in [-0.3, -0.25) is 9.36 Å². The van der Waals surface area contributed by atoms with Gasteiger partial charge in [0.15, 0.2) is 11.5 Å². The van der Waals surface area contributed by atoms with Gasteiger partial charge >= 0.3 is 6.09 Å². The van der Waals surface area contributed by atoms with Crippen LogP contribution < -0.4 is 25.2 Å². The number of piperidine rings is 1. The van der Waals surface area contributed by atoms with Crippen LogP contribution >= 0.6 is 0 Å². The molecule has 1 N–H and O–H groups in total. The van der Waals surface area contributed by atoms with Crippen LogP contribution in [0.1, 0.15) is 50.3 Å². The second-order valence-corrected chi connectivity index (χ2v) is 12.2. The Morgan fingerprint density at radius 3 is 2.61 bits per heavy atom. The number of nitrogens with zero attached hydrogens (tertiary/aromatic N) is 5. The van der Waals surface area contributed by atoms with Crippen LogP contribution in [0.25, 0.3) is 11.0 Å². The lowest BCUT2D eigenvalue weighted by molar-refractivity contribution is 0.0500. The van der Waals surface area contributed by atoms with Crippen molar-refractivity contribution in [3.05, 3.63) is 81.9 Å². The van der Waals surface area contributed by atoms with E-state index in [-0.39, 0.29) is 18.1 Å². The fraction of sp³-hybridized carbons (Fsp3) is 0.394. The Balaban J connectivity index is 1.40. The summed E-state index contributed by atoms with van der Waals surface area (Å²) in [4.78, 5) is 33.5. The van der Waals surface area contributed by atoms with Gasteiger partial charge in [0.2, 0.25) is 0 Å². The fourth-order valence-corrected chi connectivity index (χ4v) is 5.86. The number of alkyl carbamates (subject to hydrolysis) is 1. The molecule has 2 aromatic carbocycles. The zero-order valence-electron chi connectivity index (χ0n) is 25.2. The Kier molecular flexibility index (Phi) is 7.91. The van der Waals surface area contributed by atoms with Crippen molar-refractivity contribution >= 4 is 22.9 Å². The van der Waals surface area contributed by atoms with Crippen LogP contribution in [0.5, 0.6) is 11.5 Å². The Hall–Kier alpha value is -4.98. The zero-order chi connectivity index (χ0) is 30.8. The summed E-state index contributed by atoms with van der Waals surface area (Å²) in [6.45, 7) is 8.24. The predicted octanol–water partition coefficient (Wildman–Crippen LogP) is 4.43. The summed E-state index contributed by atoms with van der Waals surface area (Å²) in [5.74, 6) is 1.96. The van der Waals surface area contributed by atoms with Crippen molar-refractivity contribution in [3.63, 3.8) is 0 Å². The van der Waals surface area contributed by atoms with Crippen molar-refractivity contribution in [2.75, 3.05) is 31.2 Å². The molecule has 0 radical (unpaired) electrons. The normalized spacial score (nSPS) is 16.4. The molecule has 44 heavy (non-hydrogen) atoms. The maximum Gasteiger partial charge on any atom is 0.407 e. The molecule has 0 aliphatic carbocycles. The minimum atomic E-state index is -0.611. The number of amides is 1. The van der Waals surface area contributed by atoms with E-state index in [1.807, 2.05) is 73.9 Å². The lowest BCUT2D eigenvalue weighted by Gasteiger charge is -2.35. The van der Waals surface area contributed by atoms with Gasteiger partial charge < -0.3 is 29.0 Å². The molecule has 1 unspecified atom stereocenters. The lowest BCUT2D eigenvalue weighted by atomic mass is 10.1. The van der Waals surface area contributed by atoms with Gasteiger partial charge in [-0.05, 0) is 56.9 Å². The molecule has 0 spiro atoms. The summed E-state index contributed by atoms with van der Waals surface area (Å²) < 4.78 is 20.3. The Morgan fingerprint density at radius 2 is 1.86 bits per heavy atom. The van der Waals surface area contributed by atoms with Crippen LogP contribution in [0, 0.1) is 11.3 Å². The van der Waals surface area contributed by atoms with E-state index < -0.39 is 11.7 Å². The first-order valence-electron chi connectivity index (χ1n) is 14.9. The molecular formula is C33H36N6O5. The SMILES string of the molecule is CC(C)(C)OC(=O)NC1CCCN(c2c(C#N)c3ncn(Cc4ccc5c(c4)OCCO5)c(=O)c3n2Cc2ccccc2)C1. The minimum absolute atomic E-state index is 0.187. The van der Waals surface area contributed by atoms with E-state index in [4.69, 9.17) is 14.2 Å². The topological polar surface area (TPSA) is 124 Å². The van der Waals surface area contributed by atoms with E-state index in [9.17, 15) is 14.9 Å². The van der Waals surface area contributed by atoms with Gasteiger partial charge in [0.25, 0.3) is 5.56 Å². The number of carbonyl (C=O) groups is 1. The number of nitriles is 1. The maximum atomic E-state index is 14.2. The van der Waals surface area contributed by atoms with Crippen LogP contribution in [-0.2, 0) is 17.8 Å². The molecule has 11 nitrogen and oxygen atoms in total. The lowest BCUT2D eigenvalue weighted by Crippen LogP contribution is -2.49. The molecule has 2 aliphatic rings. The van der Waals surface area contributed by atoms with Crippen LogP contribution in [0.4, 0.5) is 10.6 Å². The third-order valence-corrected chi connectivity index (χ3v) is 7.70. The summed E-state index contributed by atoms with van der Waals surface area (Å²) in [6, 6.07) is 17.6. The largest absolute Gasteiger partial charge is 0.486 e. The summed E-state index contributed by atoms with van der Waals surface area (Å²) >= 11 is 0. The quantitative estimate of drug-likeness (QED) is 0.347. The van der Waals surface area contributed by atoms with Gasteiger partial charge in [0.1, 0.15) is 47.3 Å². The third-order valence-electron chi connectivity index (χ3n) is 7.70. The average Bonchev–Trinajstić information content (AvgIpc) is 3.31. The number of benzene rings is 2. The molecule has 2 aromatic heterocycles. The fourth-order valence-electron chi connectivity index (χ4n) is 5.86. The molecule has 2 aliphatic heterocycles. The van der Waals surface area contributed by atoms with Gasteiger partial charge in [-0.2, -0.15) is 5.26 Å². The monoisotopic (exact) mass is 596 g/mol. The second-order valence-electron chi connectivity index (χ2n) is 12.2. The van der Waals surface area contributed by atoms with Crippen molar-refractivity contribution in [2.45, 2.75) is 58.3 Å². The highest BCUT2D eigenvalue weighted by molar-refractivity contribution is 5.89. The Labute approximate surface area is 255 Å². The van der Waals surface area contributed by atoms with Crippen LogP contribution in [0.15, 0.2) is 59.7 Å². The summed E-state index contributed by atoms with van der Waals surface area (Å²) in [5.41, 5.74) is 2.07. The second kappa shape index (κ2) is 12.0. The first kappa shape index (κ1) is 29.1. The van der Waals surface area contributed by atoms with E-state index in [1.54, 1.807) is 4.57 Å². The number of aromatic nitrogens is 3. The van der Waals surface area contributed by atoms with E-state index in [1.165, 1.54) is 6.33 Å². The minimum Gasteiger partial charge on any atom is -0.486 e. The Bertz CT molecular complexity index is 1780. The molecule has 0 saturated carbocycles. The standard InChI is InChI=1S/C33H36N6O5/c1-33(2,3)44-32(41)36-24-10-7-13-37(20-24)30-25(17-34)28-29(39(30)19-22-8-5-4-6-9-22)31(40)38(21-35-28)18-23-11-12-26-27(16-23)43-15-14-42-26/h4-6,8-9,11-12,16,21,24H,7,10,13-15,18-20H2,1-3H3,(H,36,41). The predicted molar refractivity (Wildman–Crippen MR) is 165 cm³/mol. The van der Waals surface area contributed by atoms with Crippen molar-refractivity contribution < 1.29 is 19.0 Å². The van der Waals surface area contributed by atoms with E-state index in [2.05, 4.69) is 21.3 Å². The zero-order valence-corrected chi connectivity index (χ0v) is 25.2. The number of rotatable bonds is 6. The van der Waals surface area contributed by atoms with Gasteiger partial charge in [0, 0.05) is 25.7 Å². The van der Waals surface area contributed by atoms with Crippen LogP contribution in [0.3, 0.4) is 0 Å². The number of ether oxygens (including phenoxy) is 3. The highest BCUT2D eigenvalue weighted by atomic mass is 16.6. The van der Waals surface area contributed by atoms with Crippen molar-refractivity contribution in [2.24, 2.45) is 0 Å². The van der Waals surface area contributed by atoms with Gasteiger partial charge in [-0.25, -0.2) is 9.78 Å². The molecule has 11 heteroatoms. The van der Waals surface area contributed by atoms with Crippen molar-refractivity contribution in [1.82, 2.24) is 19.4 Å². The Morgan fingerprint density at radius 1 is 1.09 bits per heavy atom. The van der Waals surface area contributed by atoms with E-state index in [0.717, 1.165) is 24.0 Å². The number of nitrogens with one attached hydrogen (secondary N) is 1. The summed E-state index contributed by atoms with van der Waals surface area (Å²) in [5, 5.41) is 13.4. The molecule has 0 bridgehead atoms. The highest BCUT2D eigenvalue weighted by Crippen LogP contribution is 2.33. The van der Waals surface area contributed by atoms with Gasteiger partial charge in [-0.15, -0.1) is 0 Å². The third kappa shape index (κ3) is 6.06. The highest BCUT2D eigenvalue weighted by Gasteiger charge is 2.31. The molecule has 1 atom stereocenters. The van der Waals surface area contributed by atoms with Crippen molar-refractivity contribution in [1.29, 1.82) is 5.26 Å². The number of carbonyl (C=O) groups excluding carboxylic acids is 1. The smallest absolute Gasteiger partial charge is 0.407 e. The van der Waals surface area contributed by atoms with E-state index in [0.29, 0.717) is 66.8 Å². The number of fused-ring (bicyclic) bond motifs is 2. The van der Waals surface area contributed by atoms with Crippen molar-refractivity contribution in [3.8, 4) is 17.6 Å². The van der Waals surface area contributed by atoms with E-state index >= 15 is 0 Å². The maximum absolute atomic E-state index is 14.2. The molecule has 1 saturated heterocycles. The first-order chi connectivity index (χ1) is 21.2. The first-order valence-corrected chi connectivity index (χ1v) is 14.9. The number of hydrogen-bond donors (Lipinski definition) is 1. The molecule has 4 heterocycles. The number of anilines is 1. The van der Waals surface area contributed by atoms with Crippen LogP contribution in [0.2, 0.25) is 0 Å². The summed E-state index contributed by atoms with van der Waals surface area (Å²) in [6.07, 6.45) is 2.59.